The van der Waals surface area contributed by atoms with Crippen molar-refractivity contribution in [3.63, 3.8) is 0 Å². The number of hydrogen-bond donors (Lipinski definition) is 0. The van der Waals surface area contributed by atoms with E-state index < -0.39 is 23.9 Å². The molecule has 6 nitrogen and oxygen atoms in total. The number of ether oxygens (including phenoxy) is 1. The topological polar surface area (TPSA) is 66.9 Å². The summed E-state index contributed by atoms with van der Waals surface area (Å²) in [5, 5.41) is 0.575. The van der Waals surface area contributed by atoms with Crippen molar-refractivity contribution in [1.29, 1.82) is 0 Å². The number of anilines is 1. The molecule has 0 radical (unpaired) electrons. The fourth-order valence-corrected chi connectivity index (χ4v) is 2.65. The van der Waals surface area contributed by atoms with Crippen LogP contribution in [0.4, 0.5) is 10.5 Å². The van der Waals surface area contributed by atoms with E-state index in [1.54, 1.807) is 6.92 Å². The third-order valence-electron chi connectivity index (χ3n) is 3.10. The molecule has 22 heavy (non-hydrogen) atoms. The zero-order chi connectivity index (χ0) is 16.4. The molecule has 1 aromatic rings. The Morgan fingerprint density at radius 1 is 1.27 bits per heavy atom. The van der Waals surface area contributed by atoms with Gasteiger partial charge in [-0.3, -0.25) is 14.5 Å². The summed E-state index contributed by atoms with van der Waals surface area (Å²) in [4.78, 5) is 38.3. The maximum atomic E-state index is 12.4. The number of carbonyl (C=O) groups is 3. The summed E-state index contributed by atoms with van der Waals surface area (Å²) in [7, 11) is 0. The number of imide groups is 2. The molecule has 0 bridgehead atoms. The third kappa shape index (κ3) is 3.24. The zero-order valence-corrected chi connectivity index (χ0v) is 13.5. The van der Waals surface area contributed by atoms with Gasteiger partial charge in [0.05, 0.1) is 5.69 Å². The lowest BCUT2D eigenvalue weighted by atomic mass is 10.3. The molecule has 0 saturated carbocycles. The van der Waals surface area contributed by atoms with Crippen LogP contribution < -0.4 is 4.90 Å². The molecule has 1 aromatic carbocycles. The van der Waals surface area contributed by atoms with Crippen LogP contribution in [-0.4, -0.2) is 42.0 Å². The highest BCUT2D eigenvalue weighted by molar-refractivity contribution is 6.35. The molecule has 0 aromatic heterocycles. The molecule has 118 valence electrons. The Morgan fingerprint density at radius 2 is 1.86 bits per heavy atom. The van der Waals surface area contributed by atoms with Crippen molar-refractivity contribution in [3.8, 4) is 0 Å². The Bertz CT molecular complexity index is 615. The third-order valence-corrected chi connectivity index (χ3v) is 3.54. The minimum absolute atomic E-state index is 0.229. The highest BCUT2D eigenvalue weighted by Crippen LogP contribution is 2.28. The number of rotatable bonds is 4. The standard InChI is InChI=1S/C14H14Cl2N2O4/c1-3-22-8(2)13(20)17-7-12(19)18(14(17)21)11-5-9(15)4-10(16)6-11/h4-6,8H,3,7H2,1-2H3/t8-/m0/s1. The molecule has 1 aliphatic rings. The van der Waals surface area contributed by atoms with E-state index in [-0.39, 0.29) is 22.3 Å². The Balaban J connectivity index is 2.27. The average Bonchev–Trinajstić information content (AvgIpc) is 2.72. The lowest BCUT2D eigenvalue weighted by Crippen LogP contribution is -2.42. The SMILES string of the molecule is CCO[C@@H](C)C(=O)N1CC(=O)N(c2cc(Cl)cc(Cl)c2)C1=O. The Labute approximate surface area is 137 Å². The van der Waals surface area contributed by atoms with Gasteiger partial charge in [-0.1, -0.05) is 23.2 Å². The number of carbonyl (C=O) groups excluding carboxylic acids is 3. The van der Waals surface area contributed by atoms with Gasteiger partial charge >= 0.3 is 6.03 Å². The first kappa shape index (κ1) is 16.7. The molecule has 1 heterocycles. The first-order valence-corrected chi connectivity index (χ1v) is 7.36. The van der Waals surface area contributed by atoms with Crippen LogP contribution >= 0.6 is 23.2 Å². The molecule has 1 aliphatic heterocycles. The highest BCUT2D eigenvalue weighted by Gasteiger charge is 2.42. The summed E-state index contributed by atoms with van der Waals surface area (Å²) < 4.78 is 5.16. The predicted molar refractivity (Wildman–Crippen MR) is 82.1 cm³/mol. The van der Waals surface area contributed by atoms with Gasteiger partial charge < -0.3 is 4.74 Å². The van der Waals surface area contributed by atoms with E-state index in [4.69, 9.17) is 27.9 Å². The summed E-state index contributed by atoms with van der Waals surface area (Å²) in [6, 6.07) is 3.62. The molecule has 2 rings (SSSR count). The predicted octanol–water partition coefficient (Wildman–Crippen LogP) is 2.71. The minimum atomic E-state index is -0.801. The van der Waals surface area contributed by atoms with Crippen LogP contribution in [0.15, 0.2) is 18.2 Å². The fourth-order valence-electron chi connectivity index (χ4n) is 2.14. The molecule has 0 aliphatic carbocycles. The first-order valence-electron chi connectivity index (χ1n) is 6.61. The quantitative estimate of drug-likeness (QED) is 0.787. The van der Waals surface area contributed by atoms with E-state index in [2.05, 4.69) is 0 Å². The largest absolute Gasteiger partial charge is 0.369 e. The smallest absolute Gasteiger partial charge is 0.338 e. The molecule has 8 heteroatoms. The van der Waals surface area contributed by atoms with E-state index in [0.29, 0.717) is 6.61 Å². The molecule has 1 fully saturated rings. The lowest BCUT2D eigenvalue weighted by molar-refractivity contribution is -0.139. The monoisotopic (exact) mass is 344 g/mol. The Kier molecular flexibility index (Phi) is 5.05. The first-order chi connectivity index (χ1) is 10.3. The van der Waals surface area contributed by atoms with E-state index >= 15 is 0 Å². The van der Waals surface area contributed by atoms with Crippen molar-refractivity contribution >= 4 is 46.7 Å². The minimum Gasteiger partial charge on any atom is -0.369 e. The van der Waals surface area contributed by atoms with Gasteiger partial charge in [0.2, 0.25) is 0 Å². The van der Waals surface area contributed by atoms with E-state index in [9.17, 15) is 14.4 Å². The summed E-state index contributed by atoms with van der Waals surface area (Å²) in [6.07, 6.45) is -0.801. The van der Waals surface area contributed by atoms with Crippen LogP contribution in [0.3, 0.4) is 0 Å². The number of halogens is 2. The molecular weight excluding hydrogens is 331 g/mol. The van der Waals surface area contributed by atoms with Crippen molar-refractivity contribution in [2.75, 3.05) is 18.1 Å². The van der Waals surface area contributed by atoms with Crippen LogP contribution in [0.1, 0.15) is 13.8 Å². The molecular formula is C14H14Cl2N2O4. The zero-order valence-electron chi connectivity index (χ0n) is 12.0. The normalized spacial score (nSPS) is 16.4. The van der Waals surface area contributed by atoms with Crippen LogP contribution in [0.2, 0.25) is 10.0 Å². The van der Waals surface area contributed by atoms with Gasteiger partial charge in [-0.05, 0) is 32.0 Å². The van der Waals surface area contributed by atoms with Gasteiger partial charge in [-0.25, -0.2) is 9.69 Å². The van der Waals surface area contributed by atoms with Crippen LogP contribution in [0.5, 0.6) is 0 Å². The maximum absolute atomic E-state index is 12.4. The highest BCUT2D eigenvalue weighted by atomic mass is 35.5. The second-order valence-electron chi connectivity index (χ2n) is 4.66. The van der Waals surface area contributed by atoms with Crippen molar-refractivity contribution < 1.29 is 19.1 Å². The second-order valence-corrected chi connectivity index (χ2v) is 5.53. The summed E-state index contributed by atoms with van der Waals surface area (Å²) >= 11 is 11.8. The molecule has 4 amide bonds. The van der Waals surface area contributed by atoms with Gasteiger partial charge in [0.1, 0.15) is 12.6 Å². The maximum Gasteiger partial charge on any atom is 0.338 e. The number of amides is 4. The summed E-state index contributed by atoms with van der Waals surface area (Å²) in [5.74, 6) is -1.09. The van der Waals surface area contributed by atoms with E-state index in [0.717, 1.165) is 9.80 Å². The summed E-state index contributed by atoms with van der Waals surface area (Å²) in [6.45, 7) is 3.26. The number of benzene rings is 1. The van der Waals surface area contributed by atoms with Crippen LogP contribution in [0, 0.1) is 0 Å². The van der Waals surface area contributed by atoms with E-state index in [1.165, 1.54) is 25.1 Å². The van der Waals surface area contributed by atoms with Gasteiger partial charge in [-0.2, -0.15) is 0 Å². The van der Waals surface area contributed by atoms with Crippen molar-refractivity contribution in [3.05, 3.63) is 28.2 Å². The number of hydrogen-bond acceptors (Lipinski definition) is 4. The Hall–Kier alpha value is -1.63. The van der Waals surface area contributed by atoms with Crippen molar-refractivity contribution in [2.45, 2.75) is 20.0 Å². The Morgan fingerprint density at radius 3 is 2.41 bits per heavy atom. The van der Waals surface area contributed by atoms with Crippen molar-refractivity contribution in [2.24, 2.45) is 0 Å². The molecule has 0 unspecified atom stereocenters. The summed E-state index contributed by atoms with van der Waals surface area (Å²) in [5.41, 5.74) is 0.229. The number of urea groups is 1. The van der Waals surface area contributed by atoms with Crippen LogP contribution in [0.25, 0.3) is 0 Å². The molecule has 0 spiro atoms. The fraction of sp³-hybridized carbons (Fsp3) is 0.357. The van der Waals surface area contributed by atoms with Crippen molar-refractivity contribution in [1.82, 2.24) is 4.90 Å². The van der Waals surface area contributed by atoms with E-state index in [1.807, 2.05) is 0 Å². The lowest BCUT2D eigenvalue weighted by Gasteiger charge is -2.19. The van der Waals surface area contributed by atoms with Gasteiger partial charge in [0.15, 0.2) is 0 Å². The van der Waals surface area contributed by atoms with Gasteiger partial charge in [0.25, 0.3) is 11.8 Å². The molecule has 0 N–H and O–H groups in total. The molecule has 1 atom stereocenters. The van der Waals surface area contributed by atoms with Gasteiger partial charge in [0, 0.05) is 16.7 Å². The number of nitrogens with zero attached hydrogens (tertiary/aromatic N) is 2. The average molecular weight is 345 g/mol. The molecule has 1 saturated heterocycles. The second kappa shape index (κ2) is 6.64. The van der Waals surface area contributed by atoms with Crippen LogP contribution in [-0.2, 0) is 14.3 Å². The van der Waals surface area contributed by atoms with Gasteiger partial charge in [-0.15, -0.1) is 0 Å².